The Labute approximate surface area is 202 Å². The Morgan fingerprint density at radius 1 is 1.21 bits per heavy atom. The first kappa shape index (κ1) is 23.4. The van der Waals surface area contributed by atoms with Gasteiger partial charge in [-0.1, -0.05) is 35.9 Å². The number of halogens is 1. The predicted octanol–water partition coefficient (Wildman–Crippen LogP) is 4.99. The highest BCUT2D eigenvalue weighted by Gasteiger charge is 2.33. The second-order valence-electron chi connectivity index (χ2n) is 8.19. The topological polar surface area (TPSA) is 85.5 Å². The van der Waals surface area contributed by atoms with Crippen LogP contribution in [0.25, 0.3) is 10.6 Å². The number of carbonyl (C=O) groups is 2. The molecule has 172 valence electrons. The van der Waals surface area contributed by atoms with Gasteiger partial charge in [-0.3, -0.25) is 4.79 Å². The van der Waals surface area contributed by atoms with E-state index >= 15 is 0 Å². The Morgan fingerprint density at radius 3 is 2.67 bits per heavy atom. The number of para-hydroxylation sites is 1. The number of rotatable bonds is 6. The summed E-state index contributed by atoms with van der Waals surface area (Å²) in [7, 11) is 1.38. The third-order valence-electron chi connectivity index (χ3n) is 6.03. The van der Waals surface area contributed by atoms with Crippen molar-refractivity contribution in [1.29, 1.82) is 0 Å². The average Bonchev–Trinajstić information content (AvgIpc) is 3.24. The molecule has 0 saturated carbocycles. The molecule has 2 heterocycles. The molecule has 0 bridgehead atoms. The summed E-state index contributed by atoms with van der Waals surface area (Å²) in [5.41, 5.74) is 9.46. The molecule has 1 saturated heterocycles. The van der Waals surface area contributed by atoms with E-state index in [2.05, 4.69) is 9.88 Å². The molecule has 2 N–H and O–H groups in total. The maximum absolute atomic E-state index is 13.4. The Hall–Kier alpha value is -2.74. The van der Waals surface area contributed by atoms with E-state index in [0.29, 0.717) is 27.7 Å². The van der Waals surface area contributed by atoms with E-state index in [1.165, 1.54) is 18.4 Å². The molecule has 0 aliphatic carbocycles. The number of benzene rings is 2. The van der Waals surface area contributed by atoms with E-state index in [4.69, 9.17) is 22.1 Å². The lowest BCUT2D eigenvalue weighted by Crippen LogP contribution is -2.47. The second kappa shape index (κ2) is 10.0. The quantitative estimate of drug-likeness (QED) is 0.393. The fourth-order valence-electron chi connectivity index (χ4n) is 4.26. The predicted molar refractivity (Wildman–Crippen MR) is 132 cm³/mol. The van der Waals surface area contributed by atoms with E-state index in [0.717, 1.165) is 35.6 Å². The number of ketones is 1. The first-order valence-corrected chi connectivity index (χ1v) is 12.0. The number of nitrogens with zero attached hydrogens (tertiary/aromatic N) is 2. The highest BCUT2D eigenvalue weighted by molar-refractivity contribution is 7.17. The van der Waals surface area contributed by atoms with Gasteiger partial charge in [-0.15, -0.1) is 11.3 Å². The Bertz CT molecular complexity index is 1160. The molecule has 3 aromatic rings. The summed E-state index contributed by atoms with van der Waals surface area (Å²) in [4.78, 5) is 32.9. The summed E-state index contributed by atoms with van der Waals surface area (Å²) in [5.74, 6) is -0.487. The van der Waals surface area contributed by atoms with Crippen LogP contribution in [0, 0.1) is 12.8 Å². The third kappa shape index (κ3) is 4.95. The number of ether oxygens (including phenoxy) is 1. The number of methoxy groups -OCH3 is 1. The normalized spacial score (nSPS) is 17.0. The van der Waals surface area contributed by atoms with Crippen molar-refractivity contribution in [1.82, 2.24) is 4.98 Å². The summed E-state index contributed by atoms with van der Waals surface area (Å²) in [5, 5.41) is 1.43. The molecule has 4 rings (SSSR count). The van der Waals surface area contributed by atoms with Gasteiger partial charge in [-0.25, -0.2) is 9.78 Å². The van der Waals surface area contributed by atoms with Gasteiger partial charge in [0.05, 0.1) is 35.0 Å². The van der Waals surface area contributed by atoms with Crippen LogP contribution in [0.3, 0.4) is 0 Å². The number of Topliss-reactive ketones (excluding diaryl/α,β-unsaturated/α-hetero) is 1. The third-order valence-corrected chi connectivity index (χ3v) is 7.50. The number of nitrogens with two attached hydrogens (primary N) is 1. The minimum absolute atomic E-state index is 0.0302. The van der Waals surface area contributed by atoms with Gasteiger partial charge in [0.25, 0.3) is 0 Å². The van der Waals surface area contributed by atoms with Crippen LogP contribution in [-0.2, 0) is 4.74 Å². The molecular formula is C25H26ClN3O3S. The molecule has 0 amide bonds. The summed E-state index contributed by atoms with van der Waals surface area (Å²) in [6.07, 6.45) is 1.74. The van der Waals surface area contributed by atoms with E-state index in [1.807, 2.05) is 49.4 Å². The van der Waals surface area contributed by atoms with Crippen molar-refractivity contribution in [3.05, 3.63) is 69.7 Å². The first-order chi connectivity index (χ1) is 15.9. The Kier molecular flexibility index (Phi) is 7.12. The van der Waals surface area contributed by atoms with Crippen molar-refractivity contribution >= 4 is 40.4 Å². The van der Waals surface area contributed by atoms with Gasteiger partial charge in [0.15, 0.2) is 5.78 Å². The summed E-state index contributed by atoms with van der Waals surface area (Å²) in [6, 6.07) is 14.2. The van der Waals surface area contributed by atoms with Gasteiger partial charge in [0.1, 0.15) is 5.01 Å². The number of hydrogen-bond donors (Lipinski definition) is 1. The number of aryl methyl sites for hydroxylation is 1. The second-order valence-corrected chi connectivity index (χ2v) is 9.62. The van der Waals surface area contributed by atoms with Crippen molar-refractivity contribution in [3.63, 3.8) is 0 Å². The zero-order valence-electron chi connectivity index (χ0n) is 18.6. The number of anilines is 1. The molecule has 1 aliphatic heterocycles. The number of aromatic nitrogens is 1. The summed E-state index contributed by atoms with van der Waals surface area (Å²) < 4.78 is 4.94. The van der Waals surface area contributed by atoms with Crippen LogP contribution in [0.15, 0.2) is 48.5 Å². The van der Waals surface area contributed by atoms with E-state index in [-0.39, 0.29) is 17.7 Å². The van der Waals surface area contributed by atoms with Crippen LogP contribution in [0.1, 0.15) is 38.6 Å². The largest absolute Gasteiger partial charge is 0.465 e. The smallest absolute Gasteiger partial charge is 0.339 e. The molecule has 1 fully saturated rings. The van der Waals surface area contributed by atoms with Gasteiger partial charge >= 0.3 is 5.97 Å². The minimum Gasteiger partial charge on any atom is -0.465 e. The highest BCUT2D eigenvalue weighted by Crippen LogP contribution is 2.32. The van der Waals surface area contributed by atoms with Crippen LogP contribution >= 0.6 is 22.9 Å². The molecule has 8 heteroatoms. The van der Waals surface area contributed by atoms with Gasteiger partial charge < -0.3 is 15.4 Å². The fraction of sp³-hybridized carbons (Fsp3) is 0.320. The number of carbonyl (C=O) groups excluding carboxylic acids is 2. The van der Waals surface area contributed by atoms with Crippen LogP contribution < -0.4 is 10.6 Å². The summed E-state index contributed by atoms with van der Waals surface area (Å²) in [6.45, 7) is 3.24. The molecule has 33 heavy (non-hydrogen) atoms. The molecular weight excluding hydrogens is 458 g/mol. The number of piperidine rings is 1. The van der Waals surface area contributed by atoms with E-state index in [9.17, 15) is 9.59 Å². The standard InChI is InChI=1S/C25H26ClN3O3S/c1-15-23(33-24(28-15)16-9-11-18(26)12-10-16)22(30)21(27)17-6-5-13-29(14-17)20-8-4-3-7-19(20)25(31)32-2/h3-4,7-12,17,21H,5-6,13-14,27H2,1-2H3. The van der Waals surface area contributed by atoms with Crippen LogP contribution in [0.2, 0.25) is 5.02 Å². The molecule has 2 aromatic carbocycles. The molecule has 0 radical (unpaired) electrons. The number of thiazole rings is 1. The van der Waals surface area contributed by atoms with Crippen LogP contribution in [0.4, 0.5) is 5.69 Å². The van der Waals surface area contributed by atoms with Crippen molar-refractivity contribution in [3.8, 4) is 10.6 Å². The zero-order chi connectivity index (χ0) is 23.5. The molecule has 1 aliphatic rings. The van der Waals surface area contributed by atoms with Crippen LogP contribution in [0.5, 0.6) is 0 Å². The summed E-state index contributed by atoms with van der Waals surface area (Å²) >= 11 is 7.35. The van der Waals surface area contributed by atoms with Gasteiger partial charge in [0.2, 0.25) is 0 Å². The maximum atomic E-state index is 13.4. The van der Waals surface area contributed by atoms with Gasteiger partial charge in [-0.05, 0) is 49.9 Å². The monoisotopic (exact) mass is 483 g/mol. The van der Waals surface area contributed by atoms with Crippen molar-refractivity contribution in [2.45, 2.75) is 25.8 Å². The van der Waals surface area contributed by atoms with Crippen molar-refractivity contribution < 1.29 is 14.3 Å². The SMILES string of the molecule is COC(=O)c1ccccc1N1CCCC(C(N)C(=O)c2sc(-c3ccc(Cl)cc3)nc2C)C1. The molecule has 0 spiro atoms. The van der Waals surface area contributed by atoms with Crippen molar-refractivity contribution in [2.75, 3.05) is 25.1 Å². The first-order valence-electron chi connectivity index (χ1n) is 10.8. The minimum atomic E-state index is -0.643. The van der Waals surface area contributed by atoms with Crippen molar-refractivity contribution in [2.24, 2.45) is 11.7 Å². The molecule has 2 unspecified atom stereocenters. The lowest BCUT2D eigenvalue weighted by molar-refractivity contribution is 0.0601. The molecule has 2 atom stereocenters. The number of hydrogen-bond acceptors (Lipinski definition) is 7. The molecule has 6 nitrogen and oxygen atoms in total. The lowest BCUT2D eigenvalue weighted by atomic mass is 9.87. The number of esters is 1. The fourth-order valence-corrected chi connectivity index (χ4v) is 5.45. The Balaban J connectivity index is 1.53. The highest BCUT2D eigenvalue weighted by atomic mass is 35.5. The van der Waals surface area contributed by atoms with Crippen LogP contribution in [-0.4, -0.2) is 43.0 Å². The van der Waals surface area contributed by atoms with E-state index in [1.54, 1.807) is 6.07 Å². The zero-order valence-corrected chi connectivity index (χ0v) is 20.2. The molecule has 1 aromatic heterocycles. The van der Waals surface area contributed by atoms with Gasteiger partial charge in [-0.2, -0.15) is 0 Å². The Morgan fingerprint density at radius 2 is 1.94 bits per heavy atom. The lowest BCUT2D eigenvalue weighted by Gasteiger charge is -2.37. The maximum Gasteiger partial charge on any atom is 0.339 e. The average molecular weight is 484 g/mol. The van der Waals surface area contributed by atoms with E-state index < -0.39 is 6.04 Å². The van der Waals surface area contributed by atoms with Gasteiger partial charge in [0, 0.05) is 23.7 Å².